The molecule has 1 aromatic heterocycles. The normalized spacial score (nSPS) is 24.1. The van der Waals surface area contributed by atoms with Gasteiger partial charge in [-0.2, -0.15) is 13.2 Å². The summed E-state index contributed by atoms with van der Waals surface area (Å²) in [5.41, 5.74) is 0. The SMILES string of the molecule is O=S(=O)(NC1CCCC(OCC(F)(F)F)C1)c1cnc[nH]1. The minimum Gasteiger partial charge on any atom is -0.369 e. The molecule has 0 spiro atoms. The summed E-state index contributed by atoms with van der Waals surface area (Å²) in [5, 5.41) is -0.0687. The zero-order chi connectivity index (χ0) is 15.5. The number of alkyl halides is 3. The summed E-state index contributed by atoms with van der Waals surface area (Å²) in [7, 11) is -3.73. The van der Waals surface area contributed by atoms with Gasteiger partial charge < -0.3 is 9.72 Å². The third-order valence-electron chi connectivity index (χ3n) is 3.19. The number of aromatic nitrogens is 2. The molecule has 2 atom stereocenters. The summed E-state index contributed by atoms with van der Waals surface area (Å²) in [5.74, 6) is 0. The fraction of sp³-hybridized carbons (Fsp3) is 0.727. The van der Waals surface area contributed by atoms with Crippen LogP contribution in [0.5, 0.6) is 0 Å². The smallest absolute Gasteiger partial charge is 0.369 e. The number of halogens is 3. The van der Waals surface area contributed by atoms with Gasteiger partial charge in [-0.3, -0.25) is 0 Å². The van der Waals surface area contributed by atoms with Crippen molar-refractivity contribution in [2.45, 2.75) is 49.0 Å². The molecule has 1 fully saturated rings. The Labute approximate surface area is 120 Å². The molecule has 0 radical (unpaired) electrons. The van der Waals surface area contributed by atoms with E-state index in [1.807, 2.05) is 0 Å². The van der Waals surface area contributed by atoms with Gasteiger partial charge in [0.15, 0.2) is 5.03 Å². The predicted octanol–water partition coefficient (Wildman–Crippen LogP) is 1.58. The number of ether oxygens (including phenoxy) is 1. The van der Waals surface area contributed by atoms with Crippen molar-refractivity contribution in [1.29, 1.82) is 0 Å². The maximum atomic E-state index is 12.1. The summed E-state index contributed by atoms with van der Waals surface area (Å²) in [6.07, 6.45) is -0.648. The van der Waals surface area contributed by atoms with Gasteiger partial charge in [-0.05, 0) is 25.7 Å². The molecule has 1 aliphatic rings. The van der Waals surface area contributed by atoms with Crippen molar-refractivity contribution < 1.29 is 26.3 Å². The van der Waals surface area contributed by atoms with E-state index in [1.165, 1.54) is 12.5 Å². The van der Waals surface area contributed by atoms with Crippen molar-refractivity contribution in [3.05, 3.63) is 12.5 Å². The predicted molar refractivity (Wildman–Crippen MR) is 67.0 cm³/mol. The molecule has 2 rings (SSSR count). The monoisotopic (exact) mass is 327 g/mol. The van der Waals surface area contributed by atoms with E-state index in [4.69, 9.17) is 4.74 Å². The Morgan fingerprint density at radius 3 is 2.81 bits per heavy atom. The number of hydrogen-bond donors (Lipinski definition) is 2. The van der Waals surface area contributed by atoms with Crippen LogP contribution in [-0.2, 0) is 14.8 Å². The molecule has 1 aromatic rings. The molecule has 0 aliphatic heterocycles. The highest BCUT2D eigenvalue weighted by Crippen LogP contribution is 2.25. The highest BCUT2D eigenvalue weighted by atomic mass is 32.2. The Hall–Kier alpha value is -1.13. The molecule has 21 heavy (non-hydrogen) atoms. The molecular weight excluding hydrogens is 311 g/mol. The van der Waals surface area contributed by atoms with Crippen molar-refractivity contribution in [2.75, 3.05) is 6.61 Å². The zero-order valence-corrected chi connectivity index (χ0v) is 11.9. The summed E-state index contributed by atoms with van der Waals surface area (Å²) < 4.78 is 67.6. The van der Waals surface area contributed by atoms with Crippen LogP contribution in [0, 0.1) is 0 Å². The van der Waals surface area contributed by atoms with Crippen LogP contribution in [0.15, 0.2) is 17.6 Å². The van der Waals surface area contributed by atoms with E-state index < -0.39 is 35.0 Å². The number of sulfonamides is 1. The number of nitrogens with zero attached hydrogens (tertiary/aromatic N) is 1. The lowest BCUT2D eigenvalue weighted by Crippen LogP contribution is -2.41. The molecule has 120 valence electrons. The van der Waals surface area contributed by atoms with Crippen LogP contribution in [0.4, 0.5) is 13.2 Å². The molecule has 0 saturated heterocycles. The van der Waals surface area contributed by atoms with Gasteiger partial charge in [0.2, 0.25) is 0 Å². The van der Waals surface area contributed by atoms with Gasteiger partial charge in [-0.15, -0.1) is 0 Å². The van der Waals surface area contributed by atoms with Gasteiger partial charge in [-0.25, -0.2) is 18.1 Å². The lowest BCUT2D eigenvalue weighted by molar-refractivity contribution is -0.188. The molecule has 2 unspecified atom stereocenters. The van der Waals surface area contributed by atoms with E-state index in [1.54, 1.807) is 0 Å². The molecule has 0 aromatic carbocycles. The summed E-state index contributed by atoms with van der Waals surface area (Å²) in [6.45, 7) is -1.31. The third kappa shape index (κ3) is 4.97. The van der Waals surface area contributed by atoms with Crippen LogP contribution in [0.25, 0.3) is 0 Å². The first kappa shape index (κ1) is 16.2. The standard InChI is InChI=1S/C11H16F3N3O3S/c12-11(13,14)6-20-9-3-1-2-8(4-9)17-21(18,19)10-5-15-7-16-10/h5,7-9,17H,1-4,6H2,(H,15,16). The van der Waals surface area contributed by atoms with Crippen molar-refractivity contribution in [2.24, 2.45) is 0 Å². The number of aromatic amines is 1. The molecule has 6 nitrogen and oxygen atoms in total. The first-order valence-corrected chi connectivity index (χ1v) is 7.94. The Morgan fingerprint density at radius 1 is 1.43 bits per heavy atom. The Balaban J connectivity index is 1.90. The first-order chi connectivity index (χ1) is 9.76. The molecule has 1 heterocycles. The molecular formula is C11H16F3N3O3S. The van der Waals surface area contributed by atoms with E-state index in [-0.39, 0.29) is 11.4 Å². The van der Waals surface area contributed by atoms with Gasteiger partial charge in [-0.1, -0.05) is 0 Å². The van der Waals surface area contributed by atoms with Gasteiger partial charge in [0.05, 0.1) is 18.6 Å². The highest BCUT2D eigenvalue weighted by Gasteiger charge is 2.32. The van der Waals surface area contributed by atoms with Crippen molar-refractivity contribution in [3.63, 3.8) is 0 Å². The van der Waals surface area contributed by atoms with Crippen LogP contribution in [0.3, 0.4) is 0 Å². The Kier molecular flexibility index (Phi) is 4.89. The molecule has 10 heteroatoms. The van der Waals surface area contributed by atoms with Gasteiger partial charge in [0.25, 0.3) is 10.0 Å². The van der Waals surface area contributed by atoms with Crippen LogP contribution < -0.4 is 4.72 Å². The van der Waals surface area contributed by atoms with Gasteiger partial charge in [0, 0.05) is 6.04 Å². The second-order valence-corrected chi connectivity index (χ2v) is 6.63. The minimum atomic E-state index is -4.37. The van der Waals surface area contributed by atoms with E-state index in [2.05, 4.69) is 14.7 Å². The van der Waals surface area contributed by atoms with Crippen LogP contribution >= 0.6 is 0 Å². The lowest BCUT2D eigenvalue weighted by Gasteiger charge is -2.29. The maximum Gasteiger partial charge on any atom is 0.411 e. The first-order valence-electron chi connectivity index (χ1n) is 6.45. The highest BCUT2D eigenvalue weighted by molar-refractivity contribution is 7.89. The number of imidazole rings is 1. The van der Waals surface area contributed by atoms with Crippen molar-refractivity contribution in [3.8, 4) is 0 Å². The average molecular weight is 327 g/mol. The van der Waals surface area contributed by atoms with Gasteiger partial charge in [0.1, 0.15) is 6.61 Å². The minimum absolute atomic E-state index is 0.0687. The quantitative estimate of drug-likeness (QED) is 0.860. The molecule has 1 aliphatic carbocycles. The summed E-state index contributed by atoms with van der Waals surface area (Å²) >= 11 is 0. The molecule has 1 saturated carbocycles. The molecule has 0 amide bonds. The second-order valence-electron chi connectivity index (χ2n) is 4.95. The molecule has 2 N–H and O–H groups in total. The van der Waals surface area contributed by atoms with Crippen LogP contribution in [-0.4, -0.2) is 43.3 Å². The number of nitrogens with one attached hydrogen (secondary N) is 2. The van der Waals surface area contributed by atoms with Crippen molar-refractivity contribution in [1.82, 2.24) is 14.7 Å². The van der Waals surface area contributed by atoms with Crippen LogP contribution in [0.1, 0.15) is 25.7 Å². The largest absolute Gasteiger partial charge is 0.411 e. The second kappa shape index (κ2) is 6.32. The molecule has 0 bridgehead atoms. The van der Waals surface area contributed by atoms with Gasteiger partial charge >= 0.3 is 6.18 Å². The average Bonchev–Trinajstić information content (AvgIpc) is 2.90. The van der Waals surface area contributed by atoms with E-state index in [9.17, 15) is 21.6 Å². The Morgan fingerprint density at radius 2 is 2.19 bits per heavy atom. The van der Waals surface area contributed by atoms with Crippen LogP contribution in [0.2, 0.25) is 0 Å². The number of H-pyrrole nitrogens is 1. The number of hydrogen-bond acceptors (Lipinski definition) is 4. The number of rotatable bonds is 5. The fourth-order valence-electron chi connectivity index (χ4n) is 2.29. The zero-order valence-electron chi connectivity index (χ0n) is 11.1. The Bertz CT molecular complexity index is 545. The van der Waals surface area contributed by atoms with E-state index >= 15 is 0 Å². The summed E-state index contributed by atoms with van der Waals surface area (Å²) in [4.78, 5) is 6.11. The summed E-state index contributed by atoms with van der Waals surface area (Å²) in [6, 6.07) is -0.440. The van der Waals surface area contributed by atoms with Crippen molar-refractivity contribution >= 4 is 10.0 Å². The van der Waals surface area contributed by atoms with E-state index in [0.29, 0.717) is 19.3 Å². The third-order valence-corrected chi connectivity index (χ3v) is 4.64. The maximum absolute atomic E-state index is 12.1. The topological polar surface area (TPSA) is 84.1 Å². The lowest BCUT2D eigenvalue weighted by atomic mass is 9.93. The fourth-order valence-corrected chi connectivity index (χ4v) is 3.48. The van der Waals surface area contributed by atoms with E-state index in [0.717, 1.165) is 0 Å².